The van der Waals surface area contributed by atoms with E-state index in [1.54, 1.807) is 6.07 Å². The number of rotatable bonds is 6. The van der Waals surface area contributed by atoms with Crippen LogP contribution in [-0.4, -0.2) is 23.2 Å². The van der Waals surface area contributed by atoms with Crippen LogP contribution in [0.2, 0.25) is 0 Å². The van der Waals surface area contributed by atoms with Crippen LogP contribution >= 0.6 is 11.8 Å². The largest absolute Gasteiger partial charge is 0.508 e. The second kappa shape index (κ2) is 6.12. The lowest BCUT2D eigenvalue weighted by molar-refractivity contribution is 0.474. The minimum absolute atomic E-state index is 0.380. The Morgan fingerprint density at radius 2 is 2.41 bits per heavy atom. The van der Waals surface area contributed by atoms with Gasteiger partial charge in [0.25, 0.3) is 0 Å². The third kappa shape index (κ3) is 3.27. The van der Waals surface area contributed by atoms with Gasteiger partial charge in [-0.25, -0.2) is 0 Å². The van der Waals surface area contributed by atoms with Crippen molar-refractivity contribution in [1.29, 1.82) is 0 Å². The maximum atomic E-state index is 9.42. The lowest BCUT2D eigenvalue weighted by Gasteiger charge is -2.13. The molecular formula is C14H19NOS. The smallest absolute Gasteiger partial charge is 0.115 e. The molecule has 0 aliphatic heterocycles. The number of phenols is 1. The minimum atomic E-state index is 0.380. The van der Waals surface area contributed by atoms with Crippen LogP contribution in [0.5, 0.6) is 5.75 Å². The molecule has 0 amide bonds. The van der Waals surface area contributed by atoms with Crippen molar-refractivity contribution >= 4 is 11.8 Å². The average molecular weight is 249 g/mol. The van der Waals surface area contributed by atoms with E-state index in [9.17, 15) is 5.11 Å². The first-order chi connectivity index (χ1) is 8.31. The maximum absolute atomic E-state index is 9.42. The van der Waals surface area contributed by atoms with E-state index in [1.165, 1.54) is 11.1 Å². The van der Waals surface area contributed by atoms with Gasteiger partial charge in [-0.1, -0.05) is 12.1 Å². The predicted molar refractivity (Wildman–Crippen MR) is 74.7 cm³/mol. The van der Waals surface area contributed by atoms with Crippen LogP contribution < -0.4 is 5.32 Å². The molecule has 0 bridgehead atoms. The number of thioether (sulfide) groups is 1. The fraction of sp³-hybridized carbons (Fsp3) is 0.429. The third-order valence-electron chi connectivity index (χ3n) is 3.08. The highest BCUT2D eigenvalue weighted by atomic mass is 32.2. The molecule has 1 aromatic carbocycles. The first-order valence-corrected chi connectivity index (χ1v) is 7.20. The Morgan fingerprint density at radius 1 is 1.53 bits per heavy atom. The first kappa shape index (κ1) is 12.5. The molecule has 3 heteroatoms. The third-order valence-corrected chi connectivity index (χ3v) is 4.04. The van der Waals surface area contributed by atoms with Crippen LogP contribution in [0.15, 0.2) is 30.9 Å². The molecular weight excluding hydrogens is 230 g/mol. The number of hydrogen-bond acceptors (Lipinski definition) is 3. The summed E-state index contributed by atoms with van der Waals surface area (Å²) < 4.78 is 0. The number of nitrogens with one attached hydrogen (secondary N) is 1. The lowest BCUT2D eigenvalue weighted by Crippen LogP contribution is -2.21. The van der Waals surface area contributed by atoms with Crippen molar-refractivity contribution in [2.75, 3.05) is 18.1 Å². The van der Waals surface area contributed by atoms with Gasteiger partial charge in [-0.15, -0.1) is 6.58 Å². The number of aryl methyl sites for hydroxylation is 1. The Kier molecular flexibility index (Phi) is 4.51. The summed E-state index contributed by atoms with van der Waals surface area (Å²) >= 11 is 1.90. The van der Waals surface area contributed by atoms with Gasteiger partial charge in [-0.2, -0.15) is 11.8 Å². The Hall–Kier alpha value is -0.930. The summed E-state index contributed by atoms with van der Waals surface area (Å²) in [5.74, 6) is 2.53. The Balaban J connectivity index is 1.83. The maximum Gasteiger partial charge on any atom is 0.115 e. The van der Waals surface area contributed by atoms with Gasteiger partial charge in [0.05, 0.1) is 0 Å². The highest BCUT2D eigenvalue weighted by Crippen LogP contribution is 2.33. The summed E-state index contributed by atoms with van der Waals surface area (Å²) in [7, 11) is 0. The first-order valence-electron chi connectivity index (χ1n) is 6.05. The van der Waals surface area contributed by atoms with Gasteiger partial charge in [0.15, 0.2) is 0 Å². The monoisotopic (exact) mass is 249 g/mol. The summed E-state index contributed by atoms with van der Waals surface area (Å²) in [6, 6.07) is 6.19. The van der Waals surface area contributed by atoms with Crippen molar-refractivity contribution in [3.63, 3.8) is 0 Å². The molecule has 0 fully saturated rings. The highest BCUT2D eigenvalue weighted by molar-refractivity contribution is 7.99. The molecule has 0 spiro atoms. The molecule has 0 saturated heterocycles. The van der Waals surface area contributed by atoms with Gasteiger partial charge in [-0.3, -0.25) is 0 Å². The second-order valence-electron chi connectivity index (χ2n) is 4.29. The predicted octanol–water partition coefficient (Wildman–Crippen LogP) is 2.89. The zero-order valence-corrected chi connectivity index (χ0v) is 10.8. The van der Waals surface area contributed by atoms with Gasteiger partial charge < -0.3 is 10.4 Å². The van der Waals surface area contributed by atoms with Crippen molar-refractivity contribution in [2.45, 2.75) is 18.9 Å². The average Bonchev–Trinajstić information content (AvgIpc) is 2.71. The summed E-state index contributed by atoms with van der Waals surface area (Å²) in [5.41, 5.74) is 2.65. The normalized spacial score (nSPS) is 18.0. The fourth-order valence-corrected chi connectivity index (χ4v) is 2.88. The molecule has 2 N–H and O–H groups in total. The summed E-state index contributed by atoms with van der Waals surface area (Å²) in [6.45, 7) is 4.74. The zero-order chi connectivity index (χ0) is 12.1. The van der Waals surface area contributed by atoms with E-state index in [4.69, 9.17) is 0 Å². The molecule has 0 aromatic heterocycles. The minimum Gasteiger partial charge on any atom is -0.508 e. The van der Waals surface area contributed by atoms with Crippen LogP contribution in [0, 0.1) is 0 Å². The van der Waals surface area contributed by atoms with Crippen LogP contribution in [-0.2, 0) is 6.42 Å². The molecule has 92 valence electrons. The number of benzene rings is 1. The number of aromatic hydroxyl groups is 1. The molecule has 2 nitrogen and oxygen atoms in total. The van der Waals surface area contributed by atoms with Crippen LogP contribution in [0.1, 0.15) is 23.6 Å². The van der Waals surface area contributed by atoms with E-state index in [1.807, 2.05) is 30.0 Å². The molecule has 0 radical (unpaired) electrons. The van der Waals surface area contributed by atoms with Gasteiger partial charge in [0.2, 0.25) is 0 Å². The quantitative estimate of drug-likeness (QED) is 0.600. The molecule has 1 aliphatic carbocycles. The van der Waals surface area contributed by atoms with Crippen LogP contribution in [0.4, 0.5) is 0 Å². The summed E-state index contributed by atoms with van der Waals surface area (Å²) in [4.78, 5) is 0. The van der Waals surface area contributed by atoms with E-state index < -0.39 is 0 Å². The van der Waals surface area contributed by atoms with E-state index in [0.717, 1.165) is 30.9 Å². The molecule has 2 rings (SSSR count). The van der Waals surface area contributed by atoms with Crippen molar-refractivity contribution in [3.05, 3.63) is 42.0 Å². The Morgan fingerprint density at radius 3 is 3.24 bits per heavy atom. The molecule has 1 aliphatic rings. The number of hydrogen-bond donors (Lipinski definition) is 2. The SMILES string of the molecule is C=CCSCCNC1CCc2cc(O)ccc21. The molecule has 1 aromatic rings. The van der Waals surface area contributed by atoms with E-state index in [-0.39, 0.29) is 0 Å². The topological polar surface area (TPSA) is 32.3 Å². The van der Waals surface area contributed by atoms with Gasteiger partial charge >= 0.3 is 0 Å². The Labute approximate surface area is 107 Å². The van der Waals surface area contributed by atoms with Gasteiger partial charge in [0.1, 0.15) is 5.75 Å². The van der Waals surface area contributed by atoms with Crippen LogP contribution in [0.3, 0.4) is 0 Å². The van der Waals surface area contributed by atoms with E-state index in [2.05, 4.69) is 11.9 Å². The summed E-state index contributed by atoms with van der Waals surface area (Å²) in [6.07, 6.45) is 4.16. The van der Waals surface area contributed by atoms with Crippen molar-refractivity contribution in [2.24, 2.45) is 0 Å². The number of fused-ring (bicyclic) bond motifs is 1. The van der Waals surface area contributed by atoms with E-state index >= 15 is 0 Å². The van der Waals surface area contributed by atoms with Gasteiger partial charge in [0, 0.05) is 24.1 Å². The fourth-order valence-electron chi connectivity index (χ4n) is 2.29. The second-order valence-corrected chi connectivity index (χ2v) is 5.44. The van der Waals surface area contributed by atoms with Crippen LogP contribution in [0.25, 0.3) is 0 Å². The number of phenolic OH excluding ortho intramolecular Hbond substituents is 1. The summed E-state index contributed by atoms with van der Waals surface area (Å²) in [5, 5.41) is 13.0. The van der Waals surface area contributed by atoms with E-state index in [0.29, 0.717) is 11.8 Å². The van der Waals surface area contributed by atoms with Gasteiger partial charge in [-0.05, 0) is 36.1 Å². The lowest BCUT2D eigenvalue weighted by atomic mass is 10.1. The molecule has 1 unspecified atom stereocenters. The molecule has 17 heavy (non-hydrogen) atoms. The molecule has 0 saturated carbocycles. The molecule has 0 heterocycles. The van der Waals surface area contributed by atoms with Crippen molar-refractivity contribution < 1.29 is 5.11 Å². The standard InChI is InChI=1S/C14H19NOS/c1-2-8-17-9-7-15-14-6-3-11-10-12(16)4-5-13(11)14/h2,4-5,10,14-16H,1,3,6-9H2. The van der Waals surface area contributed by atoms with Crippen molar-refractivity contribution in [3.8, 4) is 5.75 Å². The van der Waals surface area contributed by atoms with Crippen molar-refractivity contribution in [1.82, 2.24) is 5.32 Å². The Bertz CT molecular complexity index is 392. The zero-order valence-electron chi connectivity index (χ0n) is 9.98. The molecule has 1 atom stereocenters. The highest BCUT2D eigenvalue weighted by Gasteiger charge is 2.21.